The lowest BCUT2D eigenvalue weighted by Gasteiger charge is -2.30. The van der Waals surface area contributed by atoms with E-state index in [1.807, 2.05) is 6.92 Å². The summed E-state index contributed by atoms with van der Waals surface area (Å²) < 4.78 is 0. The van der Waals surface area contributed by atoms with Crippen LogP contribution in [0.1, 0.15) is 24.2 Å². The zero-order chi connectivity index (χ0) is 14.0. The van der Waals surface area contributed by atoms with Crippen molar-refractivity contribution in [2.45, 2.75) is 26.7 Å². The van der Waals surface area contributed by atoms with Crippen LogP contribution in [0.15, 0.2) is 0 Å². The van der Waals surface area contributed by atoms with E-state index in [4.69, 9.17) is 5.11 Å². The molecule has 0 bridgehead atoms. The number of amides is 2. The first kappa shape index (κ1) is 13.4. The van der Waals surface area contributed by atoms with E-state index in [1.165, 1.54) is 0 Å². The summed E-state index contributed by atoms with van der Waals surface area (Å²) in [5.74, 6) is -1.31. The van der Waals surface area contributed by atoms with Crippen LogP contribution in [-0.4, -0.2) is 45.3 Å². The lowest BCUT2D eigenvalue weighted by Crippen LogP contribution is -2.44. The lowest BCUT2D eigenvalue weighted by atomic mass is 9.99. The number of H-pyrrole nitrogens is 1. The highest BCUT2D eigenvalue weighted by Gasteiger charge is 2.28. The number of nitrogens with zero attached hydrogens (tertiary/aromatic N) is 2. The van der Waals surface area contributed by atoms with Gasteiger partial charge in [-0.3, -0.25) is 9.89 Å². The number of aromatic nitrogens is 2. The monoisotopic (exact) mass is 266 g/mol. The molecule has 1 aliphatic rings. The fourth-order valence-corrected chi connectivity index (χ4v) is 2.28. The summed E-state index contributed by atoms with van der Waals surface area (Å²) >= 11 is 0. The highest BCUT2D eigenvalue weighted by atomic mass is 16.4. The van der Waals surface area contributed by atoms with Crippen molar-refractivity contribution in [2.24, 2.45) is 5.92 Å². The number of hydrogen-bond donors (Lipinski definition) is 3. The van der Waals surface area contributed by atoms with Gasteiger partial charge in [0.15, 0.2) is 0 Å². The smallest absolute Gasteiger partial charge is 0.321 e. The molecule has 0 aliphatic carbocycles. The maximum atomic E-state index is 12.1. The van der Waals surface area contributed by atoms with Crippen LogP contribution in [0, 0.1) is 19.8 Å². The SMILES string of the molecule is Cc1n[nH]c(C)c1NC(=O)N1CCC[C@@H](C(=O)O)C1. The second-order valence-corrected chi connectivity index (χ2v) is 4.86. The van der Waals surface area contributed by atoms with Gasteiger partial charge in [-0.2, -0.15) is 5.10 Å². The summed E-state index contributed by atoms with van der Waals surface area (Å²) in [4.78, 5) is 24.6. The molecular formula is C12H18N4O3. The zero-order valence-corrected chi connectivity index (χ0v) is 11.1. The van der Waals surface area contributed by atoms with Gasteiger partial charge in [-0.05, 0) is 26.7 Å². The van der Waals surface area contributed by atoms with Gasteiger partial charge in [0.1, 0.15) is 0 Å². The first-order valence-electron chi connectivity index (χ1n) is 6.29. The van der Waals surface area contributed by atoms with Crippen LogP contribution in [0.25, 0.3) is 0 Å². The average Bonchev–Trinajstić information content (AvgIpc) is 2.70. The van der Waals surface area contributed by atoms with E-state index in [0.29, 0.717) is 25.1 Å². The molecule has 7 nitrogen and oxygen atoms in total. The Balaban J connectivity index is 2.02. The van der Waals surface area contributed by atoms with Gasteiger partial charge in [0.05, 0.1) is 23.0 Å². The van der Waals surface area contributed by atoms with Crippen molar-refractivity contribution in [1.29, 1.82) is 0 Å². The van der Waals surface area contributed by atoms with Crippen LogP contribution < -0.4 is 5.32 Å². The molecule has 2 amide bonds. The molecule has 2 rings (SSSR count). The van der Waals surface area contributed by atoms with Gasteiger partial charge in [0.25, 0.3) is 0 Å². The first-order valence-corrected chi connectivity index (χ1v) is 6.29. The Morgan fingerprint density at radius 2 is 2.21 bits per heavy atom. The quantitative estimate of drug-likeness (QED) is 0.752. The molecule has 0 radical (unpaired) electrons. The number of rotatable bonds is 2. The van der Waals surface area contributed by atoms with Crippen LogP contribution in [0.3, 0.4) is 0 Å². The summed E-state index contributed by atoms with van der Waals surface area (Å²) in [6.45, 7) is 4.48. The Labute approximate surface area is 111 Å². The third kappa shape index (κ3) is 2.86. The van der Waals surface area contributed by atoms with Crippen molar-refractivity contribution in [1.82, 2.24) is 15.1 Å². The number of nitrogens with one attached hydrogen (secondary N) is 2. The molecular weight excluding hydrogens is 248 g/mol. The molecule has 7 heteroatoms. The van der Waals surface area contributed by atoms with Crippen molar-refractivity contribution in [2.75, 3.05) is 18.4 Å². The largest absolute Gasteiger partial charge is 0.481 e. The average molecular weight is 266 g/mol. The summed E-state index contributed by atoms with van der Waals surface area (Å²) in [6.07, 6.45) is 1.34. The Kier molecular flexibility index (Phi) is 3.73. The minimum atomic E-state index is -0.840. The predicted molar refractivity (Wildman–Crippen MR) is 69.0 cm³/mol. The summed E-state index contributed by atoms with van der Waals surface area (Å²) in [5.41, 5.74) is 2.18. The number of piperidine rings is 1. The molecule has 1 fully saturated rings. The van der Waals surface area contributed by atoms with Gasteiger partial charge < -0.3 is 15.3 Å². The minimum absolute atomic E-state index is 0.261. The lowest BCUT2D eigenvalue weighted by molar-refractivity contribution is -0.143. The molecule has 0 saturated carbocycles. The summed E-state index contributed by atoms with van der Waals surface area (Å²) in [5, 5.41) is 18.6. The van der Waals surface area contributed by atoms with E-state index in [0.717, 1.165) is 11.4 Å². The van der Waals surface area contributed by atoms with Crippen molar-refractivity contribution in [3.63, 3.8) is 0 Å². The number of aliphatic carboxylic acids is 1. The van der Waals surface area contributed by atoms with E-state index in [9.17, 15) is 9.59 Å². The molecule has 2 heterocycles. The van der Waals surface area contributed by atoms with Crippen LogP contribution >= 0.6 is 0 Å². The maximum Gasteiger partial charge on any atom is 0.321 e. The number of carboxylic acids is 1. The number of carbonyl (C=O) groups is 2. The van der Waals surface area contributed by atoms with Crippen LogP contribution in [0.5, 0.6) is 0 Å². The molecule has 104 valence electrons. The Hall–Kier alpha value is -2.05. The third-order valence-corrected chi connectivity index (χ3v) is 3.42. The third-order valence-electron chi connectivity index (χ3n) is 3.42. The van der Waals surface area contributed by atoms with Crippen molar-refractivity contribution in [3.05, 3.63) is 11.4 Å². The van der Waals surface area contributed by atoms with Crippen LogP contribution in [-0.2, 0) is 4.79 Å². The highest BCUT2D eigenvalue weighted by molar-refractivity contribution is 5.91. The molecule has 0 aromatic carbocycles. The Morgan fingerprint density at radius 3 is 2.79 bits per heavy atom. The van der Waals surface area contributed by atoms with Crippen LogP contribution in [0.2, 0.25) is 0 Å². The molecule has 1 aromatic rings. The highest BCUT2D eigenvalue weighted by Crippen LogP contribution is 2.20. The molecule has 1 saturated heterocycles. The topological polar surface area (TPSA) is 98.3 Å². The summed E-state index contributed by atoms with van der Waals surface area (Å²) in [6, 6.07) is -0.265. The number of urea groups is 1. The Bertz CT molecular complexity index is 478. The normalized spacial score (nSPS) is 19.3. The number of hydrogen-bond acceptors (Lipinski definition) is 3. The minimum Gasteiger partial charge on any atom is -0.481 e. The van der Waals surface area contributed by atoms with Gasteiger partial charge in [-0.1, -0.05) is 0 Å². The number of aryl methyl sites for hydroxylation is 2. The zero-order valence-electron chi connectivity index (χ0n) is 11.1. The number of likely N-dealkylation sites (tertiary alicyclic amines) is 1. The fourth-order valence-electron chi connectivity index (χ4n) is 2.28. The van der Waals surface area contributed by atoms with E-state index in [-0.39, 0.29) is 12.6 Å². The van der Waals surface area contributed by atoms with Gasteiger partial charge in [-0.25, -0.2) is 4.79 Å². The van der Waals surface area contributed by atoms with Crippen LogP contribution in [0.4, 0.5) is 10.5 Å². The number of carbonyl (C=O) groups excluding carboxylic acids is 1. The van der Waals surface area contributed by atoms with E-state index in [1.54, 1.807) is 11.8 Å². The summed E-state index contributed by atoms with van der Waals surface area (Å²) in [7, 11) is 0. The van der Waals surface area contributed by atoms with Crippen molar-refractivity contribution in [3.8, 4) is 0 Å². The van der Waals surface area contributed by atoms with Crippen molar-refractivity contribution >= 4 is 17.7 Å². The molecule has 1 atom stereocenters. The fraction of sp³-hybridized carbons (Fsp3) is 0.583. The predicted octanol–water partition coefficient (Wildman–Crippen LogP) is 1.36. The molecule has 1 aliphatic heterocycles. The molecule has 1 aromatic heterocycles. The number of anilines is 1. The van der Waals surface area contributed by atoms with Gasteiger partial charge in [0, 0.05) is 13.1 Å². The van der Waals surface area contributed by atoms with Gasteiger partial charge >= 0.3 is 12.0 Å². The second kappa shape index (κ2) is 5.29. The number of aromatic amines is 1. The molecule has 19 heavy (non-hydrogen) atoms. The Morgan fingerprint density at radius 1 is 1.47 bits per heavy atom. The molecule has 0 unspecified atom stereocenters. The number of carboxylic acid groups (broad SMARTS) is 1. The van der Waals surface area contributed by atoms with Crippen molar-refractivity contribution < 1.29 is 14.7 Å². The molecule has 3 N–H and O–H groups in total. The molecule has 0 spiro atoms. The second-order valence-electron chi connectivity index (χ2n) is 4.86. The van der Waals surface area contributed by atoms with Gasteiger partial charge in [0.2, 0.25) is 0 Å². The standard InChI is InChI=1S/C12H18N4O3/c1-7-10(8(2)15-14-7)13-12(19)16-5-3-4-9(6-16)11(17)18/h9H,3-6H2,1-2H3,(H,13,19)(H,14,15)(H,17,18)/t9-/m1/s1. The maximum absolute atomic E-state index is 12.1. The first-order chi connectivity index (χ1) is 8.99. The van der Waals surface area contributed by atoms with E-state index in [2.05, 4.69) is 15.5 Å². The van der Waals surface area contributed by atoms with E-state index < -0.39 is 11.9 Å². The van der Waals surface area contributed by atoms with Gasteiger partial charge in [-0.15, -0.1) is 0 Å². The van der Waals surface area contributed by atoms with E-state index >= 15 is 0 Å².